The minimum Gasteiger partial charge on any atom is -0.491 e. The molecule has 1 saturated heterocycles. The monoisotopic (exact) mass is 460 g/mol. The molecule has 7 heteroatoms. The van der Waals surface area contributed by atoms with E-state index in [-0.39, 0.29) is 12.7 Å². The van der Waals surface area contributed by atoms with Gasteiger partial charge in [0, 0.05) is 11.1 Å². The predicted octanol–water partition coefficient (Wildman–Crippen LogP) is 4.11. The summed E-state index contributed by atoms with van der Waals surface area (Å²) in [6, 6.07) is 15.6. The third-order valence-corrected chi connectivity index (χ3v) is 5.44. The first-order valence-corrected chi connectivity index (χ1v) is 10.7. The van der Waals surface area contributed by atoms with Gasteiger partial charge in [0.2, 0.25) is 0 Å². The second-order valence-electron chi connectivity index (χ2n) is 7.10. The Balaban J connectivity index is 1.31. The molecule has 2 heterocycles. The highest BCUT2D eigenvalue weighted by atomic mass is 79.9. The van der Waals surface area contributed by atoms with Gasteiger partial charge in [-0.15, -0.1) is 0 Å². The molecule has 4 rings (SSSR count). The second-order valence-corrected chi connectivity index (χ2v) is 8.02. The van der Waals surface area contributed by atoms with Gasteiger partial charge >= 0.3 is 0 Å². The van der Waals surface area contributed by atoms with Crippen LogP contribution in [0.15, 0.2) is 53.0 Å². The van der Waals surface area contributed by atoms with E-state index in [2.05, 4.69) is 20.5 Å². The van der Waals surface area contributed by atoms with Crippen LogP contribution in [-0.4, -0.2) is 47.2 Å². The Bertz CT molecular complexity index is 922. The summed E-state index contributed by atoms with van der Waals surface area (Å²) >= 11 is 3.40. The van der Waals surface area contributed by atoms with Crippen molar-refractivity contribution in [3.8, 4) is 5.75 Å². The van der Waals surface area contributed by atoms with Crippen LogP contribution in [0.25, 0.3) is 11.0 Å². The van der Waals surface area contributed by atoms with E-state index < -0.39 is 6.10 Å². The van der Waals surface area contributed by atoms with E-state index in [1.807, 2.05) is 48.5 Å². The van der Waals surface area contributed by atoms with Crippen molar-refractivity contribution < 1.29 is 19.3 Å². The van der Waals surface area contributed by atoms with Crippen LogP contribution < -0.4 is 4.74 Å². The Hall–Kier alpha value is -1.93. The third-order valence-electron chi connectivity index (χ3n) is 4.92. The Labute approximate surface area is 178 Å². The number of aromatic nitrogens is 2. The van der Waals surface area contributed by atoms with Gasteiger partial charge in [0.25, 0.3) is 0 Å². The van der Waals surface area contributed by atoms with Gasteiger partial charge in [-0.2, -0.15) is 0 Å². The normalized spacial score (nSPS) is 17.7. The van der Waals surface area contributed by atoms with Crippen molar-refractivity contribution in [2.24, 2.45) is 0 Å². The molecule has 29 heavy (non-hydrogen) atoms. The molecule has 2 unspecified atom stereocenters. The smallest absolute Gasteiger partial charge is 0.139 e. The molecule has 3 aromatic rings. The molecule has 2 atom stereocenters. The first kappa shape index (κ1) is 20.3. The number of benzene rings is 2. The largest absolute Gasteiger partial charge is 0.491 e. The SMILES string of the molecule is OC(COCCOc1ccc(Br)cc1)Cn1c(C2CCCO2)nc2ccccc21. The standard InChI is InChI=1S/C22H25BrN2O4/c23-16-7-9-18(10-8-16)28-13-12-27-15-17(26)14-25-20-5-2-1-4-19(20)24-22(25)21-6-3-11-29-21/h1-2,4-5,7-10,17,21,26H,3,6,11-15H2. The number of hydrogen-bond acceptors (Lipinski definition) is 5. The Morgan fingerprint density at radius 3 is 2.79 bits per heavy atom. The van der Waals surface area contributed by atoms with Gasteiger partial charge in [-0.1, -0.05) is 28.1 Å². The Morgan fingerprint density at radius 1 is 1.17 bits per heavy atom. The van der Waals surface area contributed by atoms with E-state index in [1.165, 1.54) is 0 Å². The lowest BCUT2D eigenvalue weighted by atomic mass is 10.2. The fourth-order valence-corrected chi connectivity index (χ4v) is 3.81. The molecule has 0 aliphatic carbocycles. The Morgan fingerprint density at radius 2 is 2.00 bits per heavy atom. The number of para-hydroxylation sites is 2. The molecule has 0 radical (unpaired) electrons. The molecule has 6 nitrogen and oxygen atoms in total. The number of halogens is 1. The summed E-state index contributed by atoms with van der Waals surface area (Å²) in [7, 11) is 0. The molecule has 0 bridgehead atoms. The van der Waals surface area contributed by atoms with Crippen LogP contribution in [0.3, 0.4) is 0 Å². The fraction of sp³-hybridized carbons (Fsp3) is 0.409. The second kappa shape index (κ2) is 9.71. The summed E-state index contributed by atoms with van der Waals surface area (Å²) in [5, 5.41) is 10.5. The zero-order valence-electron chi connectivity index (χ0n) is 16.2. The number of imidazole rings is 1. The highest BCUT2D eigenvalue weighted by molar-refractivity contribution is 9.10. The van der Waals surface area contributed by atoms with Gasteiger partial charge in [-0.3, -0.25) is 0 Å². The van der Waals surface area contributed by atoms with Crippen molar-refractivity contribution in [2.75, 3.05) is 26.4 Å². The molecule has 1 aliphatic rings. The molecular weight excluding hydrogens is 436 g/mol. The molecule has 2 aromatic carbocycles. The molecule has 1 aromatic heterocycles. The highest BCUT2D eigenvalue weighted by Crippen LogP contribution is 2.30. The van der Waals surface area contributed by atoms with Gasteiger partial charge in [-0.25, -0.2) is 4.98 Å². The van der Waals surface area contributed by atoms with Gasteiger partial charge < -0.3 is 23.9 Å². The van der Waals surface area contributed by atoms with Gasteiger partial charge in [-0.05, 0) is 49.2 Å². The summed E-state index contributed by atoms with van der Waals surface area (Å²) in [6.45, 7) is 2.27. The number of nitrogens with zero attached hydrogens (tertiary/aromatic N) is 2. The van der Waals surface area contributed by atoms with Crippen molar-refractivity contribution >= 4 is 27.0 Å². The number of aliphatic hydroxyl groups is 1. The van der Waals surface area contributed by atoms with Crippen molar-refractivity contribution in [1.82, 2.24) is 9.55 Å². The summed E-state index contributed by atoms with van der Waals surface area (Å²) in [6.07, 6.45) is 1.36. The minimum absolute atomic E-state index is 0.00479. The van der Waals surface area contributed by atoms with Gasteiger partial charge in [0.15, 0.2) is 0 Å². The number of fused-ring (bicyclic) bond motifs is 1. The summed E-state index contributed by atoms with van der Waals surface area (Å²) in [4.78, 5) is 4.76. The topological polar surface area (TPSA) is 65.7 Å². The summed E-state index contributed by atoms with van der Waals surface area (Å²) in [5.41, 5.74) is 1.93. The van der Waals surface area contributed by atoms with E-state index in [9.17, 15) is 5.11 Å². The lowest BCUT2D eigenvalue weighted by Gasteiger charge is -2.17. The predicted molar refractivity (Wildman–Crippen MR) is 114 cm³/mol. The minimum atomic E-state index is -0.638. The molecule has 1 fully saturated rings. The van der Waals surface area contributed by atoms with E-state index in [0.29, 0.717) is 19.8 Å². The molecule has 1 aliphatic heterocycles. The maximum atomic E-state index is 10.5. The van der Waals surface area contributed by atoms with E-state index >= 15 is 0 Å². The van der Waals surface area contributed by atoms with Crippen LogP contribution in [0.1, 0.15) is 24.8 Å². The first-order valence-electron chi connectivity index (χ1n) is 9.91. The van der Waals surface area contributed by atoms with Crippen molar-refractivity contribution in [3.05, 3.63) is 58.8 Å². The zero-order chi connectivity index (χ0) is 20.1. The van der Waals surface area contributed by atoms with Crippen molar-refractivity contribution in [2.45, 2.75) is 31.6 Å². The average Bonchev–Trinajstić information content (AvgIpc) is 3.37. The van der Waals surface area contributed by atoms with Crippen LogP contribution >= 0.6 is 15.9 Å². The molecule has 1 N–H and O–H groups in total. The molecule has 0 amide bonds. The van der Waals surface area contributed by atoms with Crippen molar-refractivity contribution in [3.63, 3.8) is 0 Å². The lowest BCUT2D eigenvalue weighted by molar-refractivity contribution is 0.0161. The average molecular weight is 461 g/mol. The number of hydrogen-bond donors (Lipinski definition) is 1. The van der Waals surface area contributed by atoms with E-state index in [0.717, 1.165) is 46.5 Å². The maximum Gasteiger partial charge on any atom is 0.139 e. The zero-order valence-corrected chi connectivity index (χ0v) is 17.8. The first-order chi connectivity index (χ1) is 14.2. The molecular formula is C22H25BrN2O4. The van der Waals surface area contributed by atoms with E-state index in [1.54, 1.807) is 0 Å². The van der Waals surface area contributed by atoms with Crippen molar-refractivity contribution in [1.29, 1.82) is 0 Å². The lowest BCUT2D eigenvalue weighted by Crippen LogP contribution is -2.25. The number of rotatable bonds is 9. The Kier molecular flexibility index (Phi) is 6.82. The number of aliphatic hydroxyl groups excluding tert-OH is 1. The number of ether oxygens (including phenoxy) is 3. The van der Waals surface area contributed by atoms with Gasteiger partial charge in [0.05, 0.1) is 36.9 Å². The molecule has 154 valence electrons. The molecule has 0 spiro atoms. The van der Waals surface area contributed by atoms with Crippen LogP contribution in [-0.2, 0) is 16.0 Å². The third kappa shape index (κ3) is 5.17. The van der Waals surface area contributed by atoms with Gasteiger partial charge in [0.1, 0.15) is 24.3 Å². The maximum absolute atomic E-state index is 10.5. The molecule has 0 saturated carbocycles. The quantitative estimate of drug-likeness (QED) is 0.486. The summed E-state index contributed by atoms with van der Waals surface area (Å²) in [5.74, 6) is 1.68. The van der Waals surface area contributed by atoms with Crippen LogP contribution in [0.2, 0.25) is 0 Å². The van der Waals surface area contributed by atoms with Crippen LogP contribution in [0.5, 0.6) is 5.75 Å². The van der Waals surface area contributed by atoms with Crippen LogP contribution in [0.4, 0.5) is 0 Å². The summed E-state index contributed by atoms with van der Waals surface area (Å²) < 4.78 is 20.2. The highest BCUT2D eigenvalue weighted by Gasteiger charge is 2.25. The fourth-order valence-electron chi connectivity index (χ4n) is 3.55. The van der Waals surface area contributed by atoms with Crippen LogP contribution in [0, 0.1) is 0 Å². The van der Waals surface area contributed by atoms with E-state index in [4.69, 9.17) is 19.2 Å².